The van der Waals surface area contributed by atoms with Gasteiger partial charge < -0.3 is 15.4 Å². The summed E-state index contributed by atoms with van der Waals surface area (Å²) in [4.78, 5) is 4.78. The highest BCUT2D eigenvalue weighted by atomic mass is 16.5. The number of nitrogens with zero attached hydrogens (tertiary/aromatic N) is 1. The highest BCUT2D eigenvalue weighted by Gasteiger charge is 2.16. The normalized spacial score (nSPS) is 24.6. The predicted molar refractivity (Wildman–Crippen MR) is 85.8 cm³/mol. The molecule has 0 spiro atoms. The number of unbranched alkanes of at least 4 members (excludes halogenated alkanes) is 1. The Kier molecular flexibility index (Phi) is 5.09. The number of pyridine rings is 1. The summed E-state index contributed by atoms with van der Waals surface area (Å²) in [5.41, 5.74) is 2.58. The van der Waals surface area contributed by atoms with E-state index < -0.39 is 0 Å². The third kappa shape index (κ3) is 4.17. The van der Waals surface area contributed by atoms with Crippen molar-refractivity contribution in [2.45, 2.75) is 57.6 Å². The van der Waals surface area contributed by atoms with Gasteiger partial charge in [0, 0.05) is 24.9 Å². The summed E-state index contributed by atoms with van der Waals surface area (Å²) in [5.74, 6) is 1.11. The van der Waals surface area contributed by atoms with Crippen LogP contribution in [0.15, 0.2) is 12.1 Å². The van der Waals surface area contributed by atoms with Crippen molar-refractivity contribution in [3.8, 4) is 0 Å². The Morgan fingerprint density at radius 1 is 1.29 bits per heavy atom. The van der Waals surface area contributed by atoms with Crippen LogP contribution < -0.4 is 10.6 Å². The molecule has 3 rings (SSSR count). The third-order valence-electron chi connectivity index (χ3n) is 4.46. The summed E-state index contributed by atoms with van der Waals surface area (Å²) < 4.78 is 5.85. The molecule has 2 unspecified atom stereocenters. The van der Waals surface area contributed by atoms with Gasteiger partial charge in [0.2, 0.25) is 0 Å². The number of rotatable bonds is 6. The fraction of sp³-hybridized carbons (Fsp3) is 0.706. The van der Waals surface area contributed by atoms with Crippen LogP contribution in [0.3, 0.4) is 0 Å². The molecular formula is C17H27N3O. The van der Waals surface area contributed by atoms with Gasteiger partial charge in [-0.15, -0.1) is 0 Å². The second-order valence-corrected chi connectivity index (χ2v) is 6.34. The lowest BCUT2D eigenvalue weighted by molar-refractivity contribution is 0.0645. The molecule has 0 amide bonds. The maximum Gasteiger partial charge on any atom is 0.129 e. The first-order valence-electron chi connectivity index (χ1n) is 8.39. The van der Waals surface area contributed by atoms with Crippen LogP contribution in [0.2, 0.25) is 0 Å². The Bertz CT molecular complexity index is 457. The van der Waals surface area contributed by atoms with Crippen LogP contribution in [0.1, 0.15) is 43.9 Å². The largest absolute Gasteiger partial charge is 0.377 e. The lowest BCUT2D eigenvalue weighted by atomic mass is 10.0. The standard InChI is InChI=1S/C17H27N3O/c1-13-5-6-14-7-8-15(20-17(14)19-13)4-2-3-11-21-16-9-10-18-12-16/h7-8,13,16,18H,2-6,9-12H2,1H3,(H,19,20). The number of nitrogens with one attached hydrogen (secondary N) is 2. The van der Waals surface area contributed by atoms with Gasteiger partial charge in [-0.3, -0.25) is 0 Å². The second kappa shape index (κ2) is 7.23. The van der Waals surface area contributed by atoms with Gasteiger partial charge in [-0.05, 0) is 63.6 Å². The molecule has 1 aromatic rings. The number of anilines is 1. The SMILES string of the molecule is CC1CCc2ccc(CCCCOC3CCNC3)nc2N1. The van der Waals surface area contributed by atoms with Crippen molar-refractivity contribution in [3.05, 3.63) is 23.4 Å². The van der Waals surface area contributed by atoms with Crippen molar-refractivity contribution in [2.75, 3.05) is 25.0 Å². The highest BCUT2D eigenvalue weighted by molar-refractivity contribution is 5.48. The molecule has 4 nitrogen and oxygen atoms in total. The molecule has 2 atom stereocenters. The zero-order valence-electron chi connectivity index (χ0n) is 13.0. The van der Waals surface area contributed by atoms with Crippen molar-refractivity contribution < 1.29 is 4.74 Å². The van der Waals surface area contributed by atoms with Gasteiger partial charge in [0.15, 0.2) is 0 Å². The smallest absolute Gasteiger partial charge is 0.129 e. The summed E-state index contributed by atoms with van der Waals surface area (Å²) in [6, 6.07) is 4.99. The Morgan fingerprint density at radius 2 is 2.24 bits per heavy atom. The number of ether oxygens (including phenoxy) is 1. The molecule has 1 fully saturated rings. The number of fused-ring (bicyclic) bond motifs is 1. The van der Waals surface area contributed by atoms with Gasteiger partial charge in [0.25, 0.3) is 0 Å². The van der Waals surface area contributed by atoms with Crippen LogP contribution in [0.4, 0.5) is 5.82 Å². The molecule has 3 heterocycles. The van der Waals surface area contributed by atoms with E-state index in [0.29, 0.717) is 12.1 Å². The lowest BCUT2D eigenvalue weighted by Crippen LogP contribution is -2.23. The first kappa shape index (κ1) is 14.8. The third-order valence-corrected chi connectivity index (χ3v) is 4.46. The van der Waals surface area contributed by atoms with Crippen molar-refractivity contribution >= 4 is 5.82 Å². The zero-order chi connectivity index (χ0) is 14.5. The summed E-state index contributed by atoms with van der Waals surface area (Å²) in [6.45, 7) is 5.24. The first-order valence-corrected chi connectivity index (χ1v) is 8.39. The molecule has 0 bridgehead atoms. The summed E-state index contributed by atoms with van der Waals surface area (Å²) in [6.07, 6.45) is 7.30. The van der Waals surface area contributed by atoms with Crippen molar-refractivity contribution in [2.24, 2.45) is 0 Å². The Hall–Kier alpha value is -1.13. The van der Waals surface area contributed by atoms with Crippen LogP contribution >= 0.6 is 0 Å². The van der Waals surface area contributed by atoms with Crippen molar-refractivity contribution in [1.29, 1.82) is 0 Å². The molecule has 2 aliphatic rings. The average molecular weight is 289 g/mol. The number of aromatic nitrogens is 1. The summed E-state index contributed by atoms with van der Waals surface area (Å²) >= 11 is 0. The lowest BCUT2D eigenvalue weighted by Gasteiger charge is -2.23. The van der Waals surface area contributed by atoms with E-state index in [9.17, 15) is 0 Å². The van der Waals surface area contributed by atoms with Crippen LogP contribution in [-0.2, 0) is 17.6 Å². The van der Waals surface area contributed by atoms with Gasteiger partial charge in [-0.1, -0.05) is 6.07 Å². The molecule has 4 heteroatoms. The molecule has 2 aliphatic heterocycles. The number of aryl methyl sites for hydroxylation is 2. The van der Waals surface area contributed by atoms with Crippen molar-refractivity contribution in [3.63, 3.8) is 0 Å². The van der Waals surface area contributed by atoms with Gasteiger partial charge in [-0.25, -0.2) is 4.98 Å². The van der Waals surface area contributed by atoms with E-state index in [-0.39, 0.29) is 0 Å². The van der Waals surface area contributed by atoms with E-state index in [4.69, 9.17) is 9.72 Å². The maximum absolute atomic E-state index is 5.85. The minimum Gasteiger partial charge on any atom is -0.377 e. The summed E-state index contributed by atoms with van der Waals surface area (Å²) in [5, 5.41) is 6.83. The molecule has 2 N–H and O–H groups in total. The zero-order valence-corrected chi connectivity index (χ0v) is 13.0. The van der Waals surface area contributed by atoms with Crippen LogP contribution in [0, 0.1) is 0 Å². The van der Waals surface area contributed by atoms with Crippen molar-refractivity contribution in [1.82, 2.24) is 10.3 Å². The second-order valence-electron chi connectivity index (χ2n) is 6.34. The van der Waals surface area contributed by atoms with Gasteiger partial charge in [0.1, 0.15) is 5.82 Å². The minimum absolute atomic E-state index is 0.442. The van der Waals surface area contributed by atoms with Crippen LogP contribution in [0.25, 0.3) is 0 Å². The molecule has 0 aliphatic carbocycles. The predicted octanol–water partition coefficient (Wildman–Crippen LogP) is 2.53. The topological polar surface area (TPSA) is 46.2 Å². The number of hydrogen-bond acceptors (Lipinski definition) is 4. The maximum atomic E-state index is 5.85. The molecule has 0 saturated carbocycles. The molecule has 0 radical (unpaired) electrons. The fourth-order valence-electron chi connectivity index (χ4n) is 3.10. The monoisotopic (exact) mass is 289 g/mol. The Labute approximate surface area is 127 Å². The Morgan fingerprint density at radius 3 is 3.10 bits per heavy atom. The van der Waals surface area contributed by atoms with E-state index >= 15 is 0 Å². The van der Waals surface area contributed by atoms with E-state index in [0.717, 1.165) is 57.6 Å². The van der Waals surface area contributed by atoms with Crippen LogP contribution in [-0.4, -0.2) is 36.8 Å². The van der Waals surface area contributed by atoms with Gasteiger partial charge in [-0.2, -0.15) is 0 Å². The highest BCUT2D eigenvalue weighted by Crippen LogP contribution is 2.23. The van der Waals surface area contributed by atoms with Gasteiger partial charge >= 0.3 is 0 Å². The molecule has 21 heavy (non-hydrogen) atoms. The quantitative estimate of drug-likeness (QED) is 0.790. The van der Waals surface area contributed by atoms with E-state index in [2.05, 4.69) is 29.7 Å². The van der Waals surface area contributed by atoms with Crippen LogP contribution in [0.5, 0.6) is 0 Å². The molecule has 0 aromatic carbocycles. The molecule has 1 saturated heterocycles. The van der Waals surface area contributed by atoms with E-state index in [1.54, 1.807) is 0 Å². The van der Waals surface area contributed by atoms with E-state index in [1.165, 1.54) is 17.7 Å². The molecular weight excluding hydrogens is 262 g/mol. The number of hydrogen-bond donors (Lipinski definition) is 2. The summed E-state index contributed by atoms with van der Waals surface area (Å²) in [7, 11) is 0. The van der Waals surface area contributed by atoms with Gasteiger partial charge in [0.05, 0.1) is 6.10 Å². The molecule has 116 valence electrons. The first-order chi connectivity index (χ1) is 10.3. The fourth-order valence-corrected chi connectivity index (χ4v) is 3.10. The Balaban J connectivity index is 1.40. The average Bonchev–Trinajstić information content (AvgIpc) is 3.00. The van der Waals surface area contributed by atoms with E-state index in [1.807, 2.05) is 0 Å². The minimum atomic E-state index is 0.442. The molecule has 1 aromatic heterocycles.